The van der Waals surface area contributed by atoms with Crippen LogP contribution in [0.3, 0.4) is 0 Å². The summed E-state index contributed by atoms with van der Waals surface area (Å²) in [5, 5.41) is 4.61. The second kappa shape index (κ2) is 3.95. The zero-order valence-corrected chi connectivity index (χ0v) is 10.8. The van der Waals surface area contributed by atoms with E-state index in [2.05, 4.69) is 42.1 Å². The van der Waals surface area contributed by atoms with Gasteiger partial charge in [-0.05, 0) is 38.5 Å². The van der Waals surface area contributed by atoms with Crippen LogP contribution in [0.15, 0.2) is 36.5 Å². The summed E-state index contributed by atoms with van der Waals surface area (Å²) in [5.74, 6) is 0. The Kier molecular flexibility index (Phi) is 2.40. The molecule has 18 heavy (non-hydrogen) atoms. The van der Waals surface area contributed by atoms with E-state index in [4.69, 9.17) is 0 Å². The summed E-state index contributed by atoms with van der Waals surface area (Å²) in [6.45, 7) is 6.20. The van der Waals surface area contributed by atoms with E-state index in [1.165, 1.54) is 16.7 Å². The molecule has 0 saturated heterocycles. The summed E-state index contributed by atoms with van der Waals surface area (Å²) in [7, 11) is 0. The summed E-state index contributed by atoms with van der Waals surface area (Å²) < 4.78 is 1.84. The van der Waals surface area contributed by atoms with E-state index in [0.717, 1.165) is 17.0 Å². The number of hydrogen-bond acceptors (Lipinski definition) is 2. The predicted molar refractivity (Wildman–Crippen MR) is 72.6 cm³/mol. The third-order valence-corrected chi connectivity index (χ3v) is 3.10. The SMILES string of the molecule is Cc1ccc(-c2ccc3nc(C)cn3n2)c(C)c1. The molecule has 3 nitrogen and oxygen atoms in total. The smallest absolute Gasteiger partial charge is 0.153 e. The Balaban J connectivity index is 2.18. The van der Waals surface area contributed by atoms with Gasteiger partial charge in [0.05, 0.1) is 17.6 Å². The van der Waals surface area contributed by atoms with E-state index in [1.54, 1.807) is 0 Å². The number of benzene rings is 1. The van der Waals surface area contributed by atoms with Crippen molar-refractivity contribution in [2.24, 2.45) is 0 Å². The molecule has 3 aromatic rings. The normalized spacial score (nSPS) is 11.1. The Bertz CT molecular complexity index is 726. The second-order valence-corrected chi connectivity index (χ2v) is 4.72. The highest BCUT2D eigenvalue weighted by Gasteiger charge is 2.06. The first-order chi connectivity index (χ1) is 8.63. The monoisotopic (exact) mass is 237 g/mol. The third kappa shape index (κ3) is 1.78. The zero-order chi connectivity index (χ0) is 12.7. The summed E-state index contributed by atoms with van der Waals surface area (Å²) in [6, 6.07) is 10.5. The molecule has 0 atom stereocenters. The molecular formula is C15H15N3. The van der Waals surface area contributed by atoms with Gasteiger partial charge < -0.3 is 0 Å². The molecule has 90 valence electrons. The number of nitrogens with zero attached hydrogens (tertiary/aromatic N) is 3. The Labute approximate surface area is 106 Å². The van der Waals surface area contributed by atoms with Gasteiger partial charge in [0.15, 0.2) is 5.65 Å². The molecule has 0 N–H and O–H groups in total. The number of aromatic nitrogens is 3. The van der Waals surface area contributed by atoms with E-state index in [9.17, 15) is 0 Å². The summed E-state index contributed by atoms with van der Waals surface area (Å²) in [6.07, 6.45) is 1.95. The molecule has 3 heteroatoms. The van der Waals surface area contributed by atoms with Gasteiger partial charge in [-0.25, -0.2) is 9.50 Å². The van der Waals surface area contributed by atoms with Gasteiger partial charge in [-0.1, -0.05) is 23.8 Å². The maximum Gasteiger partial charge on any atom is 0.153 e. The molecule has 0 bridgehead atoms. The Morgan fingerprint density at radius 2 is 1.83 bits per heavy atom. The highest BCUT2D eigenvalue weighted by molar-refractivity contribution is 5.64. The third-order valence-electron chi connectivity index (χ3n) is 3.10. The van der Waals surface area contributed by atoms with E-state index < -0.39 is 0 Å². The van der Waals surface area contributed by atoms with Crippen molar-refractivity contribution in [3.8, 4) is 11.3 Å². The molecule has 3 rings (SSSR count). The maximum absolute atomic E-state index is 4.61. The lowest BCUT2D eigenvalue weighted by molar-refractivity contribution is 0.940. The maximum atomic E-state index is 4.61. The van der Waals surface area contributed by atoms with Crippen molar-refractivity contribution >= 4 is 5.65 Å². The summed E-state index contributed by atoms with van der Waals surface area (Å²) >= 11 is 0. The molecule has 2 heterocycles. The molecule has 0 aliphatic carbocycles. The molecule has 0 unspecified atom stereocenters. The Morgan fingerprint density at radius 1 is 1.00 bits per heavy atom. The highest BCUT2D eigenvalue weighted by atomic mass is 15.2. The summed E-state index contributed by atoms with van der Waals surface area (Å²) in [4.78, 5) is 4.38. The molecule has 0 amide bonds. The van der Waals surface area contributed by atoms with Gasteiger partial charge in [0.2, 0.25) is 0 Å². The first-order valence-corrected chi connectivity index (χ1v) is 6.04. The van der Waals surface area contributed by atoms with Crippen LogP contribution in [0.4, 0.5) is 0 Å². The minimum Gasteiger partial charge on any atom is -0.232 e. The van der Waals surface area contributed by atoms with Gasteiger partial charge in [-0.2, -0.15) is 5.10 Å². The van der Waals surface area contributed by atoms with Crippen LogP contribution < -0.4 is 0 Å². The average molecular weight is 237 g/mol. The molecule has 0 aliphatic heterocycles. The topological polar surface area (TPSA) is 30.2 Å². The van der Waals surface area contributed by atoms with Gasteiger partial charge in [-0.15, -0.1) is 0 Å². The molecule has 0 radical (unpaired) electrons. The highest BCUT2D eigenvalue weighted by Crippen LogP contribution is 2.22. The van der Waals surface area contributed by atoms with E-state index >= 15 is 0 Å². The van der Waals surface area contributed by atoms with Crippen molar-refractivity contribution in [2.75, 3.05) is 0 Å². The molecule has 0 fully saturated rings. The van der Waals surface area contributed by atoms with Gasteiger partial charge in [-0.3, -0.25) is 0 Å². The Hall–Kier alpha value is -2.16. The van der Waals surface area contributed by atoms with Crippen LogP contribution in [0.25, 0.3) is 16.9 Å². The van der Waals surface area contributed by atoms with Crippen LogP contribution in [0.1, 0.15) is 16.8 Å². The van der Waals surface area contributed by atoms with Crippen molar-refractivity contribution < 1.29 is 0 Å². The predicted octanol–water partition coefficient (Wildman–Crippen LogP) is 3.32. The van der Waals surface area contributed by atoms with Crippen molar-refractivity contribution in [3.63, 3.8) is 0 Å². The molecular weight excluding hydrogens is 222 g/mol. The Morgan fingerprint density at radius 3 is 2.61 bits per heavy atom. The molecule has 0 spiro atoms. The van der Waals surface area contributed by atoms with Crippen LogP contribution >= 0.6 is 0 Å². The first kappa shape index (κ1) is 11.0. The van der Waals surface area contributed by atoms with Crippen molar-refractivity contribution in [1.82, 2.24) is 14.6 Å². The van der Waals surface area contributed by atoms with Crippen LogP contribution in [-0.2, 0) is 0 Å². The minimum absolute atomic E-state index is 0.890. The van der Waals surface area contributed by atoms with E-state index in [1.807, 2.05) is 29.8 Å². The van der Waals surface area contributed by atoms with Crippen molar-refractivity contribution in [1.29, 1.82) is 0 Å². The van der Waals surface area contributed by atoms with Crippen LogP contribution in [-0.4, -0.2) is 14.6 Å². The molecule has 0 saturated carbocycles. The van der Waals surface area contributed by atoms with Crippen LogP contribution in [0, 0.1) is 20.8 Å². The van der Waals surface area contributed by atoms with Gasteiger partial charge in [0.25, 0.3) is 0 Å². The number of rotatable bonds is 1. The fourth-order valence-corrected chi connectivity index (χ4v) is 2.25. The van der Waals surface area contributed by atoms with Crippen molar-refractivity contribution in [2.45, 2.75) is 20.8 Å². The van der Waals surface area contributed by atoms with Crippen LogP contribution in [0.2, 0.25) is 0 Å². The largest absolute Gasteiger partial charge is 0.232 e. The first-order valence-electron chi connectivity index (χ1n) is 6.04. The van der Waals surface area contributed by atoms with E-state index in [-0.39, 0.29) is 0 Å². The van der Waals surface area contributed by atoms with E-state index in [0.29, 0.717) is 0 Å². The van der Waals surface area contributed by atoms with Crippen LogP contribution in [0.5, 0.6) is 0 Å². The summed E-state index contributed by atoms with van der Waals surface area (Å²) in [5.41, 5.74) is 6.56. The average Bonchev–Trinajstić information content (AvgIpc) is 2.68. The molecule has 0 aliphatic rings. The quantitative estimate of drug-likeness (QED) is 0.650. The lowest BCUT2D eigenvalue weighted by Gasteiger charge is -2.06. The number of fused-ring (bicyclic) bond motifs is 1. The fraction of sp³-hybridized carbons (Fsp3) is 0.200. The van der Waals surface area contributed by atoms with Crippen molar-refractivity contribution in [3.05, 3.63) is 53.3 Å². The number of imidazole rings is 1. The lowest BCUT2D eigenvalue weighted by Crippen LogP contribution is -1.94. The number of aryl methyl sites for hydroxylation is 3. The minimum atomic E-state index is 0.890. The lowest BCUT2D eigenvalue weighted by atomic mass is 10.0. The van der Waals surface area contributed by atoms with Gasteiger partial charge >= 0.3 is 0 Å². The standard InChI is InChI=1S/C15H15N3/c1-10-4-5-13(11(2)8-10)14-6-7-15-16-12(3)9-18(15)17-14/h4-9H,1-3H3. The van der Waals surface area contributed by atoms with Gasteiger partial charge in [0, 0.05) is 5.56 Å². The van der Waals surface area contributed by atoms with Gasteiger partial charge in [0.1, 0.15) is 0 Å². The number of hydrogen-bond donors (Lipinski definition) is 0. The second-order valence-electron chi connectivity index (χ2n) is 4.72. The molecule has 2 aromatic heterocycles. The fourth-order valence-electron chi connectivity index (χ4n) is 2.25. The molecule has 1 aromatic carbocycles. The zero-order valence-electron chi connectivity index (χ0n) is 10.8.